The van der Waals surface area contributed by atoms with Crippen molar-refractivity contribution < 1.29 is 9.47 Å². The fraction of sp³-hybridized carbons (Fsp3) is 0.237. The van der Waals surface area contributed by atoms with Crippen molar-refractivity contribution >= 4 is 74.1 Å². The molecule has 24 heteroatoms. The van der Waals surface area contributed by atoms with Gasteiger partial charge in [0, 0.05) is 60.0 Å². The van der Waals surface area contributed by atoms with E-state index in [1.54, 1.807) is 39.0 Å². The van der Waals surface area contributed by atoms with E-state index in [2.05, 4.69) is 486 Å². The molecule has 0 fully saturated rings. The van der Waals surface area contributed by atoms with Crippen molar-refractivity contribution in [2.75, 3.05) is 14.2 Å². The molecular weight excluding hydrogens is 1830 g/mol. The van der Waals surface area contributed by atoms with Gasteiger partial charge in [-0.25, -0.2) is 0 Å². The van der Waals surface area contributed by atoms with Gasteiger partial charge in [-0.2, -0.15) is 61.6 Å². The summed E-state index contributed by atoms with van der Waals surface area (Å²) in [5, 5.41) is 77.7. The minimum absolute atomic E-state index is 0.0946. The smallest absolute Gasteiger partial charge is 0.112 e. The molecule has 19 rings (SSSR count). The van der Waals surface area contributed by atoms with Gasteiger partial charge < -0.3 is 9.47 Å². The Hall–Kier alpha value is -13.7. The number of aromatic nitrogens is 18. The first kappa shape index (κ1) is 99.9. The molecule has 0 aliphatic rings. The van der Waals surface area contributed by atoms with Crippen LogP contribution in [-0.2, 0) is 22.7 Å². The van der Waals surface area contributed by atoms with E-state index in [4.69, 9.17) is 9.47 Å². The van der Waals surface area contributed by atoms with E-state index in [-0.39, 0.29) is 20.6 Å². The van der Waals surface area contributed by atoms with Crippen molar-refractivity contribution in [2.45, 2.75) is 172 Å². The van der Waals surface area contributed by atoms with Crippen molar-refractivity contribution in [1.82, 2.24) is 92.5 Å². The van der Waals surface area contributed by atoms with Crippen LogP contribution in [-0.4, -0.2) is 127 Å². The molecule has 20 nitrogen and oxygen atoms in total. The minimum atomic E-state index is -1.07. The van der Waals surface area contributed by atoms with E-state index in [0.717, 1.165) is 101 Å². The molecule has 0 aliphatic heterocycles. The Morgan fingerprint density at radius 1 is 0.246 bits per heavy atom. The number of benzene rings is 13. The molecule has 0 radical (unpaired) electrons. The fourth-order valence-electron chi connectivity index (χ4n) is 20.4. The number of methoxy groups -OCH3 is 2. The molecule has 0 amide bonds. The summed E-state index contributed by atoms with van der Waals surface area (Å²) in [6.45, 7) is 48.3. The van der Waals surface area contributed by atoms with Crippen LogP contribution in [0.1, 0.15) is 139 Å². The monoisotopic (exact) mass is 1950 g/mol. The van der Waals surface area contributed by atoms with Gasteiger partial charge in [-0.3, -0.25) is 10.2 Å². The summed E-state index contributed by atoms with van der Waals surface area (Å²) in [6, 6.07) is 94.1. The number of nitrogens with one attached hydrogen (secondary N) is 6. The van der Waals surface area contributed by atoms with Gasteiger partial charge in [-0.1, -0.05) is 328 Å². The maximum absolute atomic E-state index is 5.56. The van der Waals surface area contributed by atoms with Crippen LogP contribution >= 0.6 is 31.7 Å². The minimum Gasteiger partial charge on any atom is -0.380 e. The first-order valence-electron chi connectivity index (χ1n) is 48.0. The average molecular weight is 1950 g/mol. The molecule has 0 unspecified atom stereocenters. The number of aryl methyl sites for hydroxylation is 8. The summed E-state index contributed by atoms with van der Waals surface area (Å²) in [5.41, 5.74) is 38.3. The highest BCUT2D eigenvalue weighted by molar-refractivity contribution is 7.81. The average Bonchev–Trinajstić information content (AvgIpc) is 1.17. The Bertz CT molecular complexity index is 6860. The lowest BCUT2D eigenvalue weighted by molar-refractivity contribution is 0.183. The van der Waals surface area contributed by atoms with Gasteiger partial charge >= 0.3 is 0 Å². The second-order valence-electron chi connectivity index (χ2n) is 40.4. The maximum atomic E-state index is 5.56. The molecule has 718 valence electrons. The number of nitrogens with zero attached hydrogens (tertiary/aromatic N) is 12. The third-order valence-electron chi connectivity index (χ3n) is 25.9. The van der Waals surface area contributed by atoms with Crippen molar-refractivity contribution in [2.24, 2.45) is 0 Å². The first-order valence-corrected chi connectivity index (χ1v) is 53.3. The fourth-order valence-corrected chi connectivity index (χ4v) is 34.9. The number of ether oxygens (including phenoxy) is 2. The largest absolute Gasteiger partial charge is 0.380 e. The van der Waals surface area contributed by atoms with E-state index in [1.807, 2.05) is 12.4 Å². The Morgan fingerprint density at radius 2 is 0.451 bits per heavy atom. The van der Waals surface area contributed by atoms with Gasteiger partial charge in [0.1, 0.15) is 34.2 Å². The molecule has 0 aliphatic carbocycles. The lowest BCUT2D eigenvalue weighted by atomic mass is 9.90. The predicted molar refractivity (Wildman–Crippen MR) is 593 cm³/mol. The normalized spacial score (nSPS) is 12.0. The van der Waals surface area contributed by atoms with E-state index in [1.165, 1.54) is 131 Å². The zero-order chi connectivity index (χ0) is 100. The summed E-state index contributed by atoms with van der Waals surface area (Å²) in [6.07, 6.45) is 10.7. The van der Waals surface area contributed by atoms with Crippen LogP contribution in [0, 0.1) is 55.4 Å². The highest BCUT2D eigenvalue weighted by Gasteiger charge is 2.42. The second kappa shape index (κ2) is 42.6. The van der Waals surface area contributed by atoms with Gasteiger partial charge in [0.25, 0.3) is 0 Å². The topological polar surface area (TPSA) is 268 Å². The van der Waals surface area contributed by atoms with E-state index < -0.39 is 31.7 Å². The van der Waals surface area contributed by atoms with Gasteiger partial charge in [-0.15, -0.1) is 10.2 Å². The maximum Gasteiger partial charge on any atom is 0.112 e. The van der Waals surface area contributed by atoms with Crippen LogP contribution in [0.5, 0.6) is 0 Å². The molecular formula is C118H124N18O2P4. The molecule has 19 aromatic rings. The van der Waals surface area contributed by atoms with Gasteiger partial charge in [-0.05, 0) is 293 Å². The summed E-state index contributed by atoms with van der Waals surface area (Å²) >= 11 is 0. The van der Waals surface area contributed by atoms with Gasteiger partial charge in [0.05, 0.1) is 38.0 Å². The van der Waals surface area contributed by atoms with E-state index in [0.29, 0.717) is 13.2 Å². The van der Waals surface area contributed by atoms with Crippen LogP contribution in [0.3, 0.4) is 0 Å². The van der Waals surface area contributed by atoms with Crippen molar-refractivity contribution in [3.8, 4) is 134 Å². The Morgan fingerprint density at radius 3 is 0.648 bits per heavy atom. The zero-order valence-corrected chi connectivity index (χ0v) is 88.7. The third-order valence-corrected chi connectivity index (χ3v) is 39.3. The van der Waals surface area contributed by atoms with Crippen molar-refractivity contribution in [3.63, 3.8) is 0 Å². The van der Waals surface area contributed by atoms with E-state index >= 15 is 0 Å². The number of aromatic amines is 6. The number of H-pyrrole nitrogens is 6. The van der Waals surface area contributed by atoms with Crippen molar-refractivity contribution in [1.29, 1.82) is 0 Å². The number of hydrogen-bond acceptors (Lipinski definition) is 14. The van der Waals surface area contributed by atoms with Gasteiger partial charge in [0.2, 0.25) is 0 Å². The summed E-state index contributed by atoms with van der Waals surface area (Å²) < 4.78 is 11.1. The first-order chi connectivity index (χ1) is 68.2. The highest BCUT2D eigenvalue weighted by atomic mass is 31.1. The molecule has 6 heterocycles. The van der Waals surface area contributed by atoms with E-state index in [9.17, 15) is 0 Å². The second-order valence-corrected chi connectivity index (χ2v) is 52.2. The quantitative estimate of drug-likeness (QED) is 0.0307. The molecule has 0 atom stereocenters. The standard InChI is InChI=1S/C54H50N6P2.C38H50N6P2.C26H24N6O2/c1-33-13-9-14-34(2)51(33)61(52-35(3)15-10-16-36(52)4)49-29-46(42-23-27-44(28-24-42)48-32-56-60-58-48)50(30-45(49)41-21-25-43(26-22-41)47-31-55-59-57-47)62(53-37(5)17-11-18-38(53)6)54-39(7)19-12-20-40(54)8;1-35(2,3)45(36(4,5)6)33-21-30(26-15-19-28(20-16-26)32-24-40-44-42-32)34(46(37(7,8)9)38(10,11)12)22-29(33)25-13-17-27(18-14-25)31-23-39-43-41-31;1-33-15-21-11-24(18-5-9-20(10-6-18)26-14-28-32-30-26)22(16-34-2)12-23(21)17-3-7-19(8-4-17)25-13-27-31-29-25/h9-32H,1-8H3,(H,55,57,59)(H,56,58,60);13-24H,1-12H3,(H,39,41,43)(H,40,42,44);3-14H,15-16H2,1-2H3,(H,27,29,31)(H,28,30,32). The SMILES string of the molecule is CC(C)(C)P(c1cc(-c2ccc(-c3cn[nH]n3)cc2)c(P(C(C)(C)C)C(C)(C)C)cc1-c1ccc(-c2cn[nH]n2)cc1)C(C)(C)C.COCc1cc(-c2ccc(-c3cn[nH]n3)cc2)c(COC)cc1-c1ccc(-c2cn[nH]n2)cc1.Cc1cccc(C)c1P(c1cc(-c2ccc(-c3c[nH]nn3)cc2)c(P(c2c(C)cccc2C)c2c(C)cccc2C)cc1-c1ccc(-c2c[nH]nn2)cc1)c1c(C)cccc1C. The van der Waals surface area contributed by atoms with Crippen LogP contribution < -0.4 is 42.4 Å². The molecule has 0 bridgehead atoms. The van der Waals surface area contributed by atoms with Crippen LogP contribution in [0.15, 0.2) is 292 Å². The summed E-state index contributed by atoms with van der Waals surface area (Å²) in [4.78, 5) is 0. The van der Waals surface area contributed by atoms with Crippen LogP contribution in [0.4, 0.5) is 0 Å². The molecule has 6 N–H and O–H groups in total. The van der Waals surface area contributed by atoms with Crippen LogP contribution in [0.25, 0.3) is 134 Å². The Labute approximate surface area is 838 Å². The highest BCUT2D eigenvalue weighted by Crippen LogP contribution is 2.63. The number of rotatable bonds is 24. The predicted octanol–water partition coefficient (Wildman–Crippen LogP) is 25.5. The zero-order valence-electron chi connectivity index (χ0n) is 85.1. The lowest BCUT2D eigenvalue weighted by Gasteiger charge is -2.45. The Balaban J connectivity index is 0.000000153. The van der Waals surface area contributed by atoms with Crippen molar-refractivity contribution in [3.05, 3.63) is 348 Å². The Kier molecular flexibility index (Phi) is 30.0. The summed E-state index contributed by atoms with van der Waals surface area (Å²) in [7, 11) is 0.0970. The molecule has 13 aromatic carbocycles. The van der Waals surface area contributed by atoms with Crippen LogP contribution in [0.2, 0.25) is 0 Å². The molecule has 0 saturated heterocycles. The lowest BCUT2D eigenvalue weighted by Crippen LogP contribution is -2.35. The molecule has 142 heavy (non-hydrogen) atoms. The number of hydrogen-bond donors (Lipinski definition) is 6. The summed E-state index contributed by atoms with van der Waals surface area (Å²) in [5.74, 6) is 0. The molecule has 6 aromatic heterocycles. The van der Waals surface area contributed by atoms with Gasteiger partial charge in [0.15, 0.2) is 0 Å². The molecule has 0 saturated carbocycles. The molecule has 0 spiro atoms. The third kappa shape index (κ3) is 21.7.